The van der Waals surface area contributed by atoms with Crippen LogP contribution in [0.4, 0.5) is 8.78 Å². The van der Waals surface area contributed by atoms with E-state index in [4.69, 9.17) is 16.1 Å². The summed E-state index contributed by atoms with van der Waals surface area (Å²) in [7, 11) is -3.74. The molecule has 6 nitrogen and oxygen atoms in total. The molecule has 1 N–H and O–H groups in total. The van der Waals surface area contributed by atoms with Gasteiger partial charge in [0.2, 0.25) is 10.0 Å². The highest BCUT2D eigenvalue weighted by Crippen LogP contribution is 2.23. The van der Waals surface area contributed by atoms with Crippen molar-refractivity contribution < 1.29 is 21.7 Å². The molecule has 1 atom stereocenters. The Hall–Kier alpha value is -2.07. The first kappa shape index (κ1) is 22.1. The molecular weight excluding hydrogens is 448 g/mol. The van der Waals surface area contributed by atoms with Crippen LogP contribution in [0, 0.1) is 17.6 Å². The molecule has 0 aliphatic carbocycles. The third-order valence-electron chi connectivity index (χ3n) is 5.53. The van der Waals surface area contributed by atoms with Crippen molar-refractivity contribution in [2.24, 2.45) is 5.92 Å². The Morgan fingerprint density at radius 3 is 2.87 bits per heavy atom. The molecule has 0 saturated carbocycles. The summed E-state index contributed by atoms with van der Waals surface area (Å²) in [5, 5.41) is 4.65. The lowest BCUT2D eigenvalue weighted by Crippen LogP contribution is -2.31. The normalized spacial score (nSPS) is 17.6. The maximum atomic E-state index is 13.3. The monoisotopic (exact) mass is 469 g/mol. The Bertz CT molecular complexity index is 1190. The average molecular weight is 470 g/mol. The second-order valence-electron chi connectivity index (χ2n) is 7.76. The standard InChI is InChI=1S/C21H22ClF2N3O3S/c22-18-11-16(4-6-19(18)24)31(28,29)25-12-14-7-9-27(13-14)8-1-2-20-17-5-3-15(23)10-21(17)30-26-20/h3-6,10-11,14,25H,1-2,7-9,12-13H2. The summed E-state index contributed by atoms with van der Waals surface area (Å²) in [6, 6.07) is 7.77. The smallest absolute Gasteiger partial charge is 0.240 e. The second kappa shape index (κ2) is 9.20. The number of rotatable bonds is 8. The lowest BCUT2D eigenvalue weighted by molar-refractivity contribution is 0.318. The number of halogens is 3. The maximum absolute atomic E-state index is 13.3. The first-order chi connectivity index (χ1) is 14.8. The van der Waals surface area contributed by atoms with E-state index in [1.165, 1.54) is 18.2 Å². The number of benzene rings is 2. The number of sulfonamides is 1. The number of nitrogens with zero attached hydrogens (tertiary/aromatic N) is 2. The van der Waals surface area contributed by atoms with E-state index in [1.807, 2.05) is 0 Å². The van der Waals surface area contributed by atoms with Gasteiger partial charge in [-0.15, -0.1) is 0 Å². The summed E-state index contributed by atoms with van der Waals surface area (Å²) in [6.45, 7) is 2.84. The van der Waals surface area contributed by atoms with Gasteiger partial charge in [-0.05, 0) is 68.6 Å². The predicted octanol–water partition coefficient (Wildman–Crippen LogP) is 3.99. The average Bonchev–Trinajstić information content (AvgIpc) is 3.35. The van der Waals surface area contributed by atoms with Crippen LogP contribution in [-0.2, 0) is 16.4 Å². The van der Waals surface area contributed by atoms with Crippen molar-refractivity contribution in [2.45, 2.75) is 24.2 Å². The van der Waals surface area contributed by atoms with E-state index in [0.717, 1.165) is 62.1 Å². The minimum absolute atomic E-state index is 0.0477. The first-order valence-electron chi connectivity index (χ1n) is 10.0. The second-order valence-corrected chi connectivity index (χ2v) is 9.93. The van der Waals surface area contributed by atoms with Gasteiger partial charge in [-0.1, -0.05) is 16.8 Å². The fourth-order valence-electron chi connectivity index (χ4n) is 3.85. The van der Waals surface area contributed by atoms with Crippen LogP contribution < -0.4 is 4.72 Å². The van der Waals surface area contributed by atoms with Crippen molar-refractivity contribution in [2.75, 3.05) is 26.2 Å². The fraction of sp³-hybridized carbons (Fsp3) is 0.381. The molecule has 3 aromatic rings. The molecule has 1 saturated heterocycles. The Balaban J connectivity index is 1.24. The molecule has 1 aliphatic heterocycles. The van der Waals surface area contributed by atoms with Gasteiger partial charge in [-0.3, -0.25) is 0 Å². The van der Waals surface area contributed by atoms with Crippen LogP contribution in [0.5, 0.6) is 0 Å². The third kappa shape index (κ3) is 5.23. The summed E-state index contributed by atoms with van der Waals surface area (Å²) >= 11 is 5.69. The minimum Gasteiger partial charge on any atom is -0.356 e. The van der Waals surface area contributed by atoms with Gasteiger partial charge in [-0.2, -0.15) is 0 Å². The molecule has 1 fully saturated rings. The van der Waals surface area contributed by atoms with Gasteiger partial charge in [0.25, 0.3) is 0 Å². The maximum Gasteiger partial charge on any atom is 0.240 e. The van der Waals surface area contributed by atoms with E-state index in [-0.39, 0.29) is 21.7 Å². The van der Waals surface area contributed by atoms with Crippen molar-refractivity contribution in [1.82, 2.24) is 14.8 Å². The molecule has 0 spiro atoms. The largest absolute Gasteiger partial charge is 0.356 e. The van der Waals surface area contributed by atoms with Gasteiger partial charge in [-0.25, -0.2) is 21.9 Å². The summed E-state index contributed by atoms with van der Waals surface area (Å²) in [6.07, 6.45) is 2.47. The highest BCUT2D eigenvalue weighted by molar-refractivity contribution is 7.89. The quantitative estimate of drug-likeness (QED) is 0.540. The van der Waals surface area contributed by atoms with Crippen LogP contribution in [0.25, 0.3) is 11.0 Å². The van der Waals surface area contributed by atoms with E-state index in [9.17, 15) is 17.2 Å². The van der Waals surface area contributed by atoms with Gasteiger partial charge in [0.1, 0.15) is 11.6 Å². The lowest BCUT2D eigenvalue weighted by atomic mass is 10.1. The Morgan fingerprint density at radius 2 is 2.06 bits per heavy atom. The zero-order valence-electron chi connectivity index (χ0n) is 16.7. The molecule has 1 unspecified atom stereocenters. The SMILES string of the molecule is O=S(=O)(NCC1CCN(CCCc2noc3cc(F)ccc23)C1)c1ccc(F)c(Cl)c1. The molecule has 1 aromatic heterocycles. The minimum atomic E-state index is -3.74. The molecule has 166 valence electrons. The number of nitrogens with one attached hydrogen (secondary N) is 1. The van der Waals surface area contributed by atoms with Crippen LogP contribution in [-0.4, -0.2) is 44.7 Å². The van der Waals surface area contributed by atoms with Gasteiger partial charge in [0.05, 0.1) is 15.6 Å². The topological polar surface area (TPSA) is 75.4 Å². The zero-order chi connectivity index (χ0) is 22.0. The Labute approximate surface area is 184 Å². The molecule has 4 rings (SSSR count). The van der Waals surface area contributed by atoms with Crippen LogP contribution >= 0.6 is 11.6 Å². The number of aryl methyl sites for hydroxylation is 1. The first-order valence-corrected chi connectivity index (χ1v) is 11.9. The van der Waals surface area contributed by atoms with Crippen molar-refractivity contribution >= 4 is 32.6 Å². The Morgan fingerprint density at radius 1 is 1.23 bits per heavy atom. The van der Waals surface area contributed by atoms with Crippen molar-refractivity contribution in [3.05, 3.63) is 58.7 Å². The number of fused-ring (bicyclic) bond motifs is 1. The van der Waals surface area contributed by atoms with Crippen LogP contribution in [0.15, 0.2) is 45.8 Å². The number of likely N-dealkylation sites (tertiary alicyclic amines) is 1. The van der Waals surface area contributed by atoms with Gasteiger partial charge < -0.3 is 9.42 Å². The lowest BCUT2D eigenvalue weighted by Gasteiger charge is -2.16. The molecule has 10 heteroatoms. The van der Waals surface area contributed by atoms with E-state index >= 15 is 0 Å². The van der Waals surface area contributed by atoms with E-state index in [1.54, 1.807) is 6.07 Å². The summed E-state index contributed by atoms with van der Waals surface area (Å²) in [4.78, 5) is 2.24. The molecule has 2 aromatic carbocycles. The summed E-state index contributed by atoms with van der Waals surface area (Å²) < 4.78 is 59.1. The van der Waals surface area contributed by atoms with E-state index < -0.39 is 15.8 Å². The highest BCUT2D eigenvalue weighted by Gasteiger charge is 2.25. The van der Waals surface area contributed by atoms with Crippen molar-refractivity contribution in [3.63, 3.8) is 0 Å². The van der Waals surface area contributed by atoms with E-state index in [2.05, 4.69) is 14.8 Å². The van der Waals surface area contributed by atoms with Gasteiger partial charge in [0.15, 0.2) is 5.58 Å². The number of hydrogen-bond donors (Lipinski definition) is 1. The van der Waals surface area contributed by atoms with Crippen molar-refractivity contribution in [1.29, 1.82) is 0 Å². The molecule has 31 heavy (non-hydrogen) atoms. The van der Waals surface area contributed by atoms with Gasteiger partial charge in [0, 0.05) is 24.5 Å². The molecule has 0 bridgehead atoms. The van der Waals surface area contributed by atoms with Gasteiger partial charge >= 0.3 is 0 Å². The van der Waals surface area contributed by atoms with Crippen LogP contribution in [0.1, 0.15) is 18.5 Å². The summed E-state index contributed by atoms with van der Waals surface area (Å²) in [5.74, 6) is -0.809. The predicted molar refractivity (Wildman–Crippen MR) is 113 cm³/mol. The Kier molecular flexibility index (Phi) is 6.57. The highest BCUT2D eigenvalue weighted by atomic mass is 35.5. The number of hydrogen-bond acceptors (Lipinski definition) is 5. The molecule has 2 heterocycles. The molecule has 0 radical (unpaired) electrons. The molecular formula is C21H22ClF2N3O3S. The third-order valence-corrected chi connectivity index (χ3v) is 7.24. The van der Waals surface area contributed by atoms with Crippen LogP contribution in [0.3, 0.4) is 0 Å². The van der Waals surface area contributed by atoms with E-state index in [0.29, 0.717) is 12.1 Å². The summed E-state index contributed by atoms with van der Waals surface area (Å²) in [5.41, 5.74) is 1.27. The van der Waals surface area contributed by atoms with Crippen molar-refractivity contribution in [3.8, 4) is 0 Å². The zero-order valence-corrected chi connectivity index (χ0v) is 18.2. The number of aromatic nitrogens is 1. The molecule has 0 amide bonds. The molecule has 1 aliphatic rings. The fourth-order valence-corrected chi connectivity index (χ4v) is 5.24. The van der Waals surface area contributed by atoms with Crippen LogP contribution in [0.2, 0.25) is 5.02 Å².